The number of fused-ring (bicyclic) bond motifs is 1. The summed E-state index contributed by atoms with van der Waals surface area (Å²) in [7, 11) is 0. The quantitative estimate of drug-likeness (QED) is 0.547. The highest BCUT2D eigenvalue weighted by Gasteiger charge is 2.19. The van der Waals surface area contributed by atoms with Crippen LogP contribution in [0.1, 0.15) is 10.4 Å². The molecule has 0 bridgehead atoms. The highest BCUT2D eigenvalue weighted by Crippen LogP contribution is 2.26. The van der Waals surface area contributed by atoms with Gasteiger partial charge in [-0.1, -0.05) is 52.3 Å². The van der Waals surface area contributed by atoms with Crippen molar-refractivity contribution in [3.63, 3.8) is 0 Å². The van der Waals surface area contributed by atoms with Gasteiger partial charge in [-0.2, -0.15) is 5.10 Å². The number of carbonyl (C=O) groups excluding carboxylic acids is 1. The van der Waals surface area contributed by atoms with Gasteiger partial charge in [0.15, 0.2) is 5.78 Å². The van der Waals surface area contributed by atoms with E-state index in [1.807, 2.05) is 54.7 Å². The first-order valence-corrected chi connectivity index (χ1v) is 7.05. The number of ketones is 1. The highest BCUT2D eigenvalue weighted by molar-refractivity contribution is 9.09. The summed E-state index contributed by atoms with van der Waals surface area (Å²) >= 11 is 3.24. The van der Waals surface area contributed by atoms with Crippen molar-refractivity contribution in [1.82, 2.24) is 9.61 Å². The molecule has 0 aliphatic rings. The average molecular weight is 315 g/mol. The van der Waals surface area contributed by atoms with E-state index < -0.39 is 0 Å². The second-order valence-electron chi connectivity index (χ2n) is 4.18. The molecule has 0 spiro atoms. The zero-order valence-corrected chi connectivity index (χ0v) is 11.7. The van der Waals surface area contributed by atoms with Crippen molar-refractivity contribution in [2.75, 3.05) is 5.33 Å². The number of nitrogens with zero attached hydrogens (tertiary/aromatic N) is 2. The third-order valence-electron chi connectivity index (χ3n) is 2.99. The fourth-order valence-electron chi connectivity index (χ4n) is 2.14. The molecule has 3 nitrogen and oxygen atoms in total. The minimum atomic E-state index is 0.0417. The number of rotatable bonds is 3. The third kappa shape index (κ3) is 2.08. The first-order chi connectivity index (χ1) is 9.31. The van der Waals surface area contributed by atoms with Crippen LogP contribution >= 0.6 is 15.9 Å². The van der Waals surface area contributed by atoms with Gasteiger partial charge in [-0.3, -0.25) is 4.79 Å². The lowest BCUT2D eigenvalue weighted by atomic mass is 10.0. The van der Waals surface area contributed by atoms with Gasteiger partial charge in [0.1, 0.15) is 5.69 Å². The molecular weight excluding hydrogens is 304 g/mol. The Labute approximate surface area is 119 Å². The van der Waals surface area contributed by atoms with Crippen LogP contribution in [-0.2, 0) is 0 Å². The number of halogens is 1. The van der Waals surface area contributed by atoms with E-state index in [0.717, 1.165) is 16.8 Å². The van der Waals surface area contributed by atoms with Gasteiger partial charge in [-0.15, -0.1) is 0 Å². The van der Waals surface area contributed by atoms with Crippen molar-refractivity contribution in [1.29, 1.82) is 0 Å². The summed E-state index contributed by atoms with van der Waals surface area (Å²) < 4.78 is 1.75. The van der Waals surface area contributed by atoms with Crippen LogP contribution in [0.2, 0.25) is 0 Å². The highest BCUT2D eigenvalue weighted by atomic mass is 79.9. The molecule has 2 aromatic heterocycles. The van der Waals surface area contributed by atoms with Gasteiger partial charge in [0.25, 0.3) is 0 Å². The summed E-state index contributed by atoms with van der Waals surface area (Å²) in [5.41, 5.74) is 3.20. The largest absolute Gasteiger partial charge is 0.293 e. The first-order valence-electron chi connectivity index (χ1n) is 5.93. The smallest absolute Gasteiger partial charge is 0.177 e. The van der Waals surface area contributed by atoms with Crippen molar-refractivity contribution >= 4 is 27.2 Å². The Morgan fingerprint density at radius 3 is 2.58 bits per heavy atom. The number of hydrogen-bond acceptors (Lipinski definition) is 2. The van der Waals surface area contributed by atoms with Gasteiger partial charge in [0, 0.05) is 11.8 Å². The summed E-state index contributed by atoms with van der Waals surface area (Å²) in [5, 5.41) is 4.82. The second kappa shape index (κ2) is 4.97. The van der Waals surface area contributed by atoms with Crippen molar-refractivity contribution in [2.45, 2.75) is 0 Å². The minimum absolute atomic E-state index is 0.0417. The number of alkyl halides is 1. The van der Waals surface area contributed by atoms with Gasteiger partial charge < -0.3 is 0 Å². The monoisotopic (exact) mass is 314 g/mol. The summed E-state index contributed by atoms with van der Waals surface area (Å²) in [6, 6.07) is 15.5. The maximum Gasteiger partial charge on any atom is 0.177 e. The molecule has 3 rings (SSSR count). The normalized spacial score (nSPS) is 10.8. The molecule has 0 atom stereocenters. The molecule has 0 fully saturated rings. The lowest BCUT2D eigenvalue weighted by Crippen LogP contribution is -2.01. The predicted molar refractivity (Wildman–Crippen MR) is 78.8 cm³/mol. The van der Waals surface area contributed by atoms with E-state index >= 15 is 0 Å². The molecule has 2 heterocycles. The molecule has 0 radical (unpaired) electrons. The molecule has 0 aliphatic heterocycles. The van der Waals surface area contributed by atoms with Crippen LogP contribution in [0, 0.1) is 0 Å². The number of Topliss-reactive ketones (excluding diaryl/α,β-unsaturated/α-hetero) is 1. The molecular formula is C15H11BrN2O. The van der Waals surface area contributed by atoms with Gasteiger partial charge in [-0.25, -0.2) is 4.52 Å². The van der Waals surface area contributed by atoms with E-state index in [4.69, 9.17) is 0 Å². The molecule has 0 aliphatic carbocycles. The molecule has 19 heavy (non-hydrogen) atoms. The van der Waals surface area contributed by atoms with Crippen LogP contribution < -0.4 is 0 Å². The third-order valence-corrected chi connectivity index (χ3v) is 3.50. The summed E-state index contributed by atoms with van der Waals surface area (Å²) in [4.78, 5) is 12.2. The molecule has 0 amide bonds. The minimum Gasteiger partial charge on any atom is -0.293 e. The molecule has 0 saturated heterocycles. The van der Waals surface area contributed by atoms with Crippen molar-refractivity contribution < 1.29 is 4.79 Å². The Hall–Kier alpha value is -1.94. The average Bonchev–Trinajstić information content (AvgIpc) is 2.87. The zero-order valence-electron chi connectivity index (χ0n) is 10.1. The maximum atomic E-state index is 12.2. The van der Waals surface area contributed by atoms with Gasteiger partial charge in [0.05, 0.1) is 16.4 Å². The molecule has 4 heteroatoms. The van der Waals surface area contributed by atoms with Crippen LogP contribution in [0.5, 0.6) is 0 Å². The van der Waals surface area contributed by atoms with Crippen LogP contribution in [0.4, 0.5) is 0 Å². The number of carbonyl (C=O) groups is 1. The van der Waals surface area contributed by atoms with E-state index in [1.54, 1.807) is 4.52 Å². The van der Waals surface area contributed by atoms with Crippen LogP contribution in [-0.4, -0.2) is 20.7 Å². The SMILES string of the molecule is O=C(CBr)c1c(-c2ccccc2)nn2ccccc12. The Balaban J connectivity index is 2.32. The Morgan fingerprint density at radius 2 is 1.84 bits per heavy atom. The van der Waals surface area contributed by atoms with E-state index in [2.05, 4.69) is 21.0 Å². The van der Waals surface area contributed by atoms with Crippen LogP contribution in [0.15, 0.2) is 54.7 Å². The van der Waals surface area contributed by atoms with Crippen molar-refractivity contribution in [2.24, 2.45) is 0 Å². The van der Waals surface area contributed by atoms with Crippen molar-refractivity contribution in [3.8, 4) is 11.3 Å². The fourth-order valence-corrected chi connectivity index (χ4v) is 2.42. The first kappa shape index (κ1) is 12.1. The Kier molecular flexibility index (Phi) is 3.17. The lowest BCUT2D eigenvalue weighted by molar-refractivity contribution is 0.102. The lowest BCUT2D eigenvalue weighted by Gasteiger charge is -2.00. The van der Waals surface area contributed by atoms with Crippen LogP contribution in [0.25, 0.3) is 16.8 Å². The van der Waals surface area contributed by atoms with E-state index in [0.29, 0.717) is 10.9 Å². The number of aromatic nitrogens is 2. The summed E-state index contributed by atoms with van der Waals surface area (Å²) in [6.45, 7) is 0. The van der Waals surface area contributed by atoms with E-state index in [-0.39, 0.29) is 5.78 Å². The number of benzene rings is 1. The van der Waals surface area contributed by atoms with Gasteiger partial charge in [-0.05, 0) is 12.1 Å². The molecule has 0 saturated carbocycles. The molecule has 1 aromatic carbocycles. The zero-order chi connectivity index (χ0) is 13.2. The van der Waals surface area contributed by atoms with E-state index in [9.17, 15) is 4.79 Å². The number of hydrogen-bond donors (Lipinski definition) is 0. The van der Waals surface area contributed by atoms with E-state index in [1.165, 1.54) is 0 Å². The van der Waals surface area contributed by atoms with Crippen molar-refractivity contribution in [3.05, 3.63) is 60.3 Å². The van der Waals surface area contributed by atoms with Gasteiger partial charge >= 0.3 is 0 Å². The fraction of sp³-hybridized carbons (Fsp3) is 0.0667. The number of pyridine rings is 1. The summed E-state index contributed by atoms with van der Waals surface area (Å²) in [5.74, 6) is 0.0417. The molecule has 94 valence electrons. The Morgan fingerprint density at radius 1 is 1.11 bits per heavy atom. The molecule has 0 N–H and O–H groups in total. The van der Waals surface area contributed by atoms with Crippen LogP contribution in [0.3, 0.4) is 0 Å². The molecule has 0 unspecified atom stereocenters. The standard InChI is InChI=1S/C15H11BrN2O/c16-10-13(19)14-12-8-4-5-9-18(12)17-15(14)11-6-2-1-3-7-11/h1-9H,10H2. The second-order valence-corrected chi connectivity index (χ2v) is 4.74. The molecule has 3 aromatic rings. The topological polar surface area (TPSA) is 34.4 Å². The maximum absolute atomic E-state index is 12.2. The summed E-state index contributed by atoms with van der Waals surface area (Å²) in [6.07, 6.45) is 1.85. The van der Waals surface area contributed by atoms with Gasteiger partial charge in [0.2, 0.25) is 0 Å². The Bertz CT molecular complexity index is 734. The predicted octanol–water partition coefficient (Wildman–Crippen LogP) is 3.58.